The van der Waals surface area contributed by atoms with Gasteiger partial charge in [-0.3, -0.25) is 0 Å². The molecule has 1 aromatic rings. The van der Waals surface area contributed by atoms with Crippen molar-refractivity contribution >= 4 is 11.6 Å². The molecule has 0 aromatic carbocycles. The number of hydrogen-bond donors (Lipinski definition) is 2. The van der Waals surface area contributed by atoms with Crippen molar-refractivity contribution in [3.8, 4) is 0 Å². The number of rotatable bonds is 3. The van der Waals surface area contributed by atoms with E-state index in [9.17, 15) is 0 Å². The van der Waals surface area contributed by atoms with Gasteiger partial charge in [0.1, 0.15) is 17.5 Å². The second kappa shape index (κ2) is 5.55. The van der Waals surface area contributed by atoms with Crippen LogP contribution in [0.25, 0.3) is 0 Å². The normalized spacial score (nSPS) is 18.6. The maximum absolute atomic E-state index is 5.88. The highest BCUT2D eigenvalue weighted by Crippen LogP contribution is 2.28. The van der Waals surface area contributed by atoms with E-state index < -0.39 is 0 Å². The van der Waals surface area contributed by atoms with E-state index in [2.05, 4.69) is 22.2 Å². The van der Waals surface area contributed by atoms with Crippen LogP contribution in [0.2, 0.25) is 0 Å². The lowest BCUT2D eigenvalue weighted by atomic mass is 9.84. The summed E-state index contributed by atoms with van der Waals surface area (Å²) in [6.07, 6.45) is 6.77. The Hall–Kier alpha value is -1.32. The highest BCUT2D eigenvalue weighted by atomic mass is 15.1. The van der Waals surface area contributed by atoms with E-state index >= 15 is 0 Å². The first-order valence-corrected chi connectivity index (χ1v) is 6.95. The summed E-state index contributed by atoms with van der Waals surface area (Å²) in [5.41, 5.74) is 6.85. The van der Waals surface area contributed by atoms with Gasteiger partial charge in [-0.1, -0.05) is 19.3 Å². The third kappa shape index (κ3) is 2.92. The average Bonchev–Trinajstić information content (AvgIpc) is 2.36. The van der Waals surface area contributed by atoms with Gasteiger partial charge in [0.05, 0.1) is 0 Å². The number of aryl methyl sites for hydroxylation is 1. The van der Waals surface area contributed by atoms with Gasteiger partial charge in [0.25, 0.3) is 0 Å². The second-order valence-electron chi connectivity index (χ2n) is 5.46. The van der Waals surface area contributed by atoms with Gasteiger partial charge in [0, 0.05) is 11.6 Å². The van der Waals surface area contributed by atoms with Gasteiger partial charge in [-0.25, -0.2) is 9.97 Å². The molecule has 100 valence electrons. The molecular weight excluding hydrogens is 224 g/mol. The van der Waals surface area contributed by atoms with Crippen LogP contribution in [0.15, 0.2) is 0 Å². The Morgan fingerprint density at radius 1 is 1.17 bits per heavy atom. The van der Waals surface area contributed by atoms with Crippen LogP contribution in [0.3, 0.4) is 0 Å². The molecule has 0 bridgehead atoms. The SMILES string of the molecule is Cc1nc(N)c(C)c(NC(C)C2CCCCC2)n1. The Morgan fingerprint density at radius 2 is 1.83 bits per heavy atom. The van der Waals surface area contributed by atoms with Gasteiger partial charge >= 0.3 is 0 Å². The standard InChI is InChI=1S/C14H24N4/c1-9-13(15)17-11(3)18-14(9)16-10(2)12-7-5-4-6-8-12/h10,12H,4-8H2,1-3H3,(H3,15,16,17,18). The molecule has 1 saturated carbocycles. The van der Waals surface area contributed by atoms with Crippen LogP contribution in [0, 0.1) is 19.8 Å². The van der Waals surface area contributed by atoms with Crippen LogP contribution in [-0.2, 0) is 0 Å². The minimum absolute atomic E-state index is 0.456. The fraction of sp³-hybridized carbons (Fsp3) is 0.714. The van der Waals surface area contributed by atoms with Crippen LogP contribution < -0.4 is 11.1 Å². The second-order valence-corrected chi connectivity index (χ2v) is 5.46. The molecule has 0 saturated heterocycles. The van der Waals surface area contributed by atoms with Crippen molar-refractivity contribution in [2.24, 2.45) is 5.92 Å². The van der Waals surface area contributed by atoms with Crippen LogP contribution >= 0.6 is 0 Å². The molecule has 1 fully saturated rings. The van der Waals surface area contributed by atoms with Crippen molar-refractivity contribution < 1.29 is 0 Å². The zero-order chi connectivity index (χ0) is 13.1. The molecule has 1 aromatic heterocycles. The molecular formula is C14H24N4. The van der Waals surface area contributed by atoms with E-state index in [1.54, 1.807) is 0 Å². The van der Waals surface area contributed by atoms with Crippen LogP contribution in [0.1, 0.15) is 50.4 Å². The smallest absolute Gasteiger partial charge is 0.134 e. The van der Waals surface area contributed by atoms with E-state index in [0.717, 1.165) is 23.1 Å². The van der Waals surface area contributed by atoms with E-state index in [0.29, 0.717) is 11.9 Å². The Balaban J connectivity index is 2.08. The maximum Gasteiger partial charge on any atom is 0.134 e. The molecule has 18 heavy (non-hydrogen) atoms. The Labute approximate surface area is 109 Å². The van der Waals surface area contributed by atoms with Gasteiger partial charge in [0.2, 0.25) is 0 Å². The molecule has 0 spiro atoms. The van der Waals surface area contributed by atoms with Gasteiger partial charge in [-0.2, -0.15) is 0 Å². The summed E-state index contributed by atoms with van der Waals surface area (Å²) in [6, 6.07) is 0.456. The fourth-order valence-corrected chi connectivity index (χ4v) is 2.76. The largest absolute Gasteiger partial charge is 0.383 e. The summed E-state index contributed by atoms with van der Waals surface area (Å²) in [5.74, 6) is 2.98. The zero-order valence-corrected chi connectivity index (χ0v) is 11.7. The molecule has 4 heteroatoms. The number of hydrogen-bond acceptors (Lipinski definition) is 4. The van der Waals surface area contributed by atoms with Gasteiger partial charge in [-0.05, 0) is 39.5 Å². The Kier molecular flexibility index (Phi) is 4.04. The first-order chi connectivity index (χ1) is 8.58. The number of anilines is 2. The lowest BCUT2D eigenvalue weighted by Gasteiger charge is -2.29. The summed E-state index contributed by atoms with van der Waals surface area (Å²) in [4.78, 5) is 8.65. The molecule has 1 unspecified atom stereocenters. The molecule has 1 atom stereocenters. The van der Waals surface area contributed by atoms with Crippen molar-refractivity contribution in [3.05, 3.63) is 11.4 Å². The van der Waals surface area contributed by atoms with Crippen molar-refractivity contribution in [1.29, 1.82) is 0 Å². The molecule has 1 aliphatic rings. The molecule has 1 heterocycles. The van der Waals surface area contributed by atoms with Crippen LogP contribution in [0.4, 0.5) is 11.6 Å². The summed E-state index contributed by atoms with van der Waals surface area (Å²) >= 11 is 0. The Bertz CT molecular complexity index is 411. The predicted molar refractivity (Wildman–Crippen MR) is 75.6 cm³/mol. The lowest BCUT2D eigenvalue weighted by molar-refractivity contribution is 0.328. The number of nitrogens with two attached hydrogens (primary N) is 1. The monoisotopic (exact) mass is 248 g/mol. The van der Waals surface area contributed by atoms with Crippen LogP contribution in [0.5, 0.6) is 0 Å². The summed E-state index contributed by atoms with van der Waals surface area (Å²) in [6.45, 7) is 6.11. The Morgan fingerprint density at radius 3 is 2.50 bits per heavy atom. The van der Waals surface area contributed by atoms with Crippen LogP contribution in [-0.4, -0.2) is 16.0 Å². The molecule has 0 radical (unpaired) electrons. The van der Waals surface area contributed by atoms with E-state index in [1.807, 2.05) is 13.8 Å². The highest BCUT2D eigenvalue weighted by molar-refractivity contribution is 5.55. The minimum Gasteiger partial charge on any atom is -0.383 e. The van der Waals surface area contributed by atoms with Crippen molar-refractivity contribution in [2.45, 2.75) is 58.9 Å². The number of nitrogens with one attached hydrogen (secondary N) is 1. The summed E-state index contributed by atoms with van der Waals surface area (Å²) < 4.78 is 0. The number of aromatic nitrogens is 2. The molecule has 1 aliphatic carbocycles. The minimum atomic E-state index is 0.456. The average molecular weight is 248 g/mol. The topological polar surface area (TPSA) is 63.8 Å². The van der Waals surface area contributed by atoms with Crippen molar-refractivity contribution in [3.63, 3.8) is 0 Å². The van der Waals surface area contributed by atoms with Gasteiger partial charge < -0.3 is 11.1 Å². The molecule has 4 nitrogen and oxygen atoms in total. The maximum atomic E-state index is 5.88. The molecule has 2 rings (SSSR count). The zero-order valence-electron chi connectivity index (χ0n) is 11.7. The summed E-state index contributed by atoms with van der Waals surface area (Å²) in [5, 5.41) is 3.53. The first-order valence-electron chi connectivity index (χ1n) is 6.95. The predicted octanol–water partition coefficient (Wildman–Crippen LogP) is 3.06. The lowest BCUT2D eigenvalue weighted by Crippen LogP contribution is -2.28. The van der Waals surface area contributed by atoms with Gasteiger partial charge in [-0.15, -0.1) is 0 Å². The molecule has 3 N–H and O–H groups in total. The summed E-state index contributed by atoms with van der Waals surface area (Å²) in [7, 11) is 0. The number of nitrogen functional groups attached to an aromatic ring is 1. The molecule has 0 aliphatic heterocycles. The van der Waals surface area contributed by atoms with E-state index in [1.165, 1.54) is 32.1 Å². The van der Waals surface area contributed by atoms with Crippen molar-refractivity contribution in [1.82, 2.24) is 9.97 Å². The fourth-order valence-electron chi connectivity index (χ4n) is 2.76. The highest BCUT2D eigenvalue weighted by Gasteiger charge is 2.21. The number of nitrogens with zero attached hydrogens (tertiary/aromatic N) is 2. The van der Waals surface area contributed by atoms with E-state index in [4.69, 9.17) is 5.73 Å². The third-order valence-electron chi connectivity index (χ3n) is 4.02. The first kappa shape index (κ1) is 13.1. The third-order valence-corrected chi connectivity index (χ3v) is 4.02. The van der Waals surface area contributed by atoms with Gasteiger partial charge in [0.15, 0.2) is 0 Å². The molecule has 0 amide bonds. The van der Waals surface area contributed by atoms with E-state index in [-0.39, 0.29) is 0 Å². The van der Waals surface area contributed by atoms with Crippen molar-refractivity contribution in [2.75, 3.05) is 11.1 Å². The quantitative estimate of drug-likeness (QED) is 0.863.